The number of hydrogen-bond acceptors (Lipinski definition) is 3. The molecule has 16 heavy (non-hydrogen) atoms. The van der Waals surface area contributed by atoms with Crippen LogP contribution in [0.4, 0.5) is 5.69 Å². The number of carbonyl (C=O) groups is 1. The molecule has 0 aromatic heterocycles. The molecule has 1 amide bonds. The number of rotatable bonds is 6. The Bertz CT molecular complexity index is 340. The highest BCUT2D eigenvalue weighted by Gasteiger charge is 2.06. The number of para-hydroxylation sites is 2. The van der Waals surface area contributed by atoms with Crippen LogP contribution in [0, 0.1) is 0 Å². The van der Waals surface area contributed by atoms with E-state index in [1.54, 1.807) is 0 Å². The molecule has 0 radical (unpaired) electrons. The van der Waals surface area contributed by atoms with Crippen LogP contribution in [0.3, 0.4) is 0 Å². The summed E-state index contributed by atoms with van der Waals surface area (Å²) in [5, 5.41) is 5.76. The normalized spacial score (nSPS) is 9.88. The molecule has 4 nitrogen and oxygen atoms in total. The molecule has 88 valence electrons. The minimum atomic E-state index is -0.0125. The Balaban J connectivity index is 2.61. The Morgan fingerprint density at radius 3 is 2.81 bits per heavy atom. The molecule has 0 aliphatic heterocycles. The second-order valence-electron chi connectivity index (χ2n) is 3.33. The Morgan fingerprint density at radius 2 is 2.12 bits per heavy atom. The lowest BCUT2D eigenvalue weighted by Crippen LogP contribution is -2.19. The van der Waals surface area contributed by atoms with Crippen molar-refractivity contribution in [3.63, 3.8) is 0 Å². The first-order valence-electron chi connectivity index (χ1n) is 5.44. The van der Waals surface area contributed by atoms with E-state index in [1.165, 1.54) is 0 Å². The van der Waals surface area contributed by atoms with Crippen molar-refractivity contribution in [1.82, 2.24) is 5.32 Å². The third-order valence-corrected chi connectivity index (χ3v) is 2.06. The van der Waals surface area contributed by atoms with Crippen molar-refractivity contribution in [3.8, 4) is 5.75 Å². The lowest BCUT2D eigenvalue weighted by atomic mass is 10.2. The summed E-state index contributed by atoms with van der Waals surface area (Å²) in [5.74, 6) is 0.698. The molecule has 0 atom stereocenters. The third kappa shape index (κ3) is 3.90. The molecular weight excluding hydrogens is 204 g/mol. The van der Waals surface area contributed by atoms with Crippen molar-refractivity contribution in [2.75, 3.05) is 25.5 Å². The SMILES string of the molecule is CCOc1ccccc1NC(=O)CCNC. The van der Waals surface area contributed by atoms with Crippen LogP contribution in [0.25, 0.3) is 0 Å². The Labute approximate surface area is 96.0 Å². The molecule has 0 aliphatic rings. The van der Waals surface area contributed by atoms with Crippen LogP contribution in [-0.4, -0.2) is 26.1 Å². The first-order chi connectivity index (χ1) is 7.77. The van der Waals surface area contributed by atoms with Gasteiger partial charge in [-0.2, -0.15) is 0 Å². The first-order valence-corrected chi connectivity index (χ1v) is 5.44. The van der Waals surface area contributed by atoms with E-state index in [1.807, 2.05) is 38.2 Å². The molecule has 0 unspecified atom stereocenters. The van der Waals surface area contributed by atoms with E-state index in [4.69, 9.17) is 4.74 Å². The van der Waals surface area contributed by atoms with Gasteiger partial charge in [-0.25, -0.2) is 0 Å². The zero-order valence-corrected chi connectivity index (χ0v) is 9.75. The number of nitrogens with one attached hydrogen (secondary N) is 2. The second kappa shape index (κ2) is 6.85. The number of amides is 1. The van der Waals surface area contributed by atoms with Crippen LogP contribution in [0.15, 0.2) is 24.3 Å². The van der Waals surface area contributed by atoms with Gasteiger partial charge < -0.3 is 15.4 Å². The van der Waals surface area contributed by atoms with Gasteiger partial charge in [0.15, 0.2) is 0 Å². The predicted octanol–water partition coefficient (Wildman–Crippen LogP) is 1.63. The zero-order chi connectivity index (χ0) is 11.8. The summed E-state index contributed by atoms with van der Waals surface area (Å²) < 4.78 is 5.41. The van der Waals surface area contributed by atoms with Gasteiger partial charge in [-0.15, -0.1) is 0 Å². The summed E-state index contributed by atoms with van der Waals surface area (Å²) in [6.45, 7) is 3.17. The van der Waals surface area contributed by atoms with E-state index in [0.717, 1.165) is 5.69 Å². The van der Waals surface area contributed by atoms with Gasteiger partial charge in [0.2, 0.25) is 5.91 Å². The van der Waals surface area contributed by atoms with Crippen LogP contribution in [0.2, 0.25) is 0 Å². The van der Waals surface area contributed by atoms with Gasteiger partial charge in [-0.1, -0.05) is 12.1 Å². The van der Waals surface area contributed by atoms with Crippen LogP contribution in [0.5, 0.6) is 5.75 Å². The van der Waals surface area contributed by atoms with Crippen LogP contribution < -0.4 is 15.4 Å². The number of benzene rings is 1. The van der Waals surface area contributed by atoms with E-state index < -0.39 is 0 Å². The van der Waals surface area contributed by atoms with Crippen LogP contribution >= 0.6 is 0 Å². The average molecular weight is 222 g/mol. The van der Waals surface area contributed by atoms with Gasteiger partial charge in [-0.3, -0.25) is 4.79 Å². The summed E-state index contributed by atoms with van der Waals surface area (Å²) in [4.78, 5) is 11.5. The van der Waals surface area contributed by atoms with Gasteiger partial charge in [0.05, 0.1) is 12.3 Å². The molecule has 2 N–H and O–H groups in total. The predicted molar refractivity (Wildman–Crippen MR) is 64.8 cm³/mol. The maximum atomic E-state index is 11.5. The lowest BCUT2D eigenvalue weighted by Gasteiger charge is -2.10. The zero-order valence-electron chi connectivity index (χ0n) is 9.75. The maximum Gasteiger partial charge on any atom is 0.225 e. The van der Waals surface area contributed by atoms with Crippen molar-refractivity contribution in [3.05, 3.63) is 24.3 Å². The van der Waals surface area contributed by atoms with Crippen molar-refractivity contribution in [2.45, 2.75) is 13.3 Å². The van der Waals surface area contributed by atoms with Gasteiger partial charge in [0.1, 0.15) is 5.75 Å². The highest BCUT2D eigenvalue weighted by molar-refractivity contribution is 5.92. The molecule has 0 saturated carbocycles. The summed E-state index contributed by atoms with van der Waals surface area (Å²) >= 11 is 0. The van der Waals surface area contributed by atoms with Crippen LogP contribution in [0.1, 0.15) is 13.3 Å². The summed E-state index contributed by atoms with van der Waals surface area (Å²) in [6, 6.07) is 7.43. The smallest absolute Gasteiger partial charge is 0.225 e. The van der Waals surface area contributed by atoms with E-state index in [2.05, 4.69) is 10.6 Å². The fourth-order valence-corrected chi connectivity index (χ4v) is 1.30. The minimum absolute atomic E-state index is 0.0125. The molecule has 0 fully saturated rings. The van der Waals surface area contributed by atoms with Crippen LogP contribution in [-0.2, 0) is 4.79 Å². The number of ether oxygens (including phenoxy) is 1. The first kappa shape index (κ1) is 12.5. The monoisotopic (exact) mass is 222 g/mol. The van der Waals surface area contributed by atoms with E-state index >= 15 is 0 Å². The minimum Gasteiger partial charge on any atom is -0.492 e. The second-order valence-corrected chi connectivity index (χ2v) is 3.33. The lowest BCUT2D eigenvalue weighted by molar-refractivity contribution is -0.116. The average Bonchev–Trinajstić information content (AvgIpc) is 2.29. The van der Waals surface area contributed by atoms with Gasteiger partial charge in [0.25, 0.3) is 0 Å². The standard InChI is InChI=1S/C12H18N2O2/c1-3-16-11-7-5-4-6-10(11)14-12(15)8-9-13-2/h4-7,13H,3,8-9H2,1-2H3,(H,14,15). The molecule has 1 aromatic carbocycles. The number of hydrogen-bond donors (Lipinski definition) is 2. The number of carbonyl (C=O) groups excluding carboxylic acids is 1. The van der Waals surface area contributed by atoms with Crippen molar-refractivity contribution in [2.24, 2.45) is 0 Å². The highest BCUT2D eigenvalue weighted by atomic mass is 16.5. The molecule has 1 rings (SSSR count). The van der Waals surface area contributed by atoms with E-state index in [-0.39, 0.29) is 5.91 Å². The molecule has 0 aliphatic carbocycles. The topological polar surface area (TPSA) is 50.4 Å². The van der Waals surface area contributed by atoms with Crippen molar-refractivity contribution >= 4 is 11.6 Å². The van der Waals surface area contributed by atoms with Gasteiger partial charge in [0, 0.05) is 13.0 Å². The summed E-state index contributed by atoms with van der Waals surface area (Å²) in [5.41, 5.74) is 0.727. The van der Waals surface area contributed by atoms with Gasteiger partial charge in [-0.05, 0) is 26.1 Å². The maximum absolute atomic E-state index is 11.5. The Morgan fingerprint density at radius 1 is 1.38 bits per heavy atom. The largest absolute Gasteiger partial charge is 0.492 e. The summed E-state index contributed by atoms with van der Waals surface area (Å²) in [6.07, 6.45) is 0.455. The third-order valence-electron chi connectivity index (χ3n) is 2.06. The van der Waals surface area contributed by atoms with E-state index in [9.17, 15) is 4.79 Å². The fraction of sp³-hybridized carbons (Fsp3) is 0.417. The molecule has 0 bridgehead atoms. The molecule has 0 heterocycles. The van der Waals surface area contributed by atoms with Gasteiger partial charge >= 0.3 is 0 Å². The highest BCUT2D eigenvalue weighted by Crippen LogP contribution is 2.23. The molecule has 4 heteroatoms. The molecule has 0 spiro atoms. The quantitative estimate of drug-likeness (QED) is 0.769. The summed E-state index contributed by atoms with van der Waals surface area (Å²) in [7, 11) is 1.82. The molecular formula is C12H18N2O2. The molecule has 1 aromatic rings. The van der Waals surface area contributed by atoms with Crippen molar-refractivity contribution < 1.29 is 9.53 Å². The number of anilines is 1. The Kier molecular flexibility index (Phi) is 5.36. The van der Waals surface area contributed by atoms with Crippen molar-refractivity contribution in [1.29, 1.82) is 0 Å². The molecule has 0 saturated heterocycles. The van der Waals surface area contributed by atoms with E-state index in [0.29, 0.717) is 25.3 Å². The Hall–Kier alpha value is -1.55. The fourth-order valence-electron chi connectivity index (χ4n) is 1.30.